The Morgan fingerprint density at radius 2 is 1.45 bits per heavy atom. The van der Waals surface area contributed by atoms with Crippen molar-refractivity contribution in [2.75, 3.05) is 0 Å². The summed E-state index contributed by atoms with van der Waals surface area (Å²) in [6.07, 6.45) is 0. The van der Waals surface area contributed by atoms with Crippen LogP contribution in [0.2, 0.25) is 0 Å². The molecule has 2 heteroatoms. The standard InChI is InChI=1S/C27H25N2/c1-18-12-14-20(3)23(16-18)27-28(4)25-15-13-19(2)17-26(25)29(27)24-11-7-9-21-8-5-6-10-22(21)24/h5-17H,1-4H3/q+1. The second-order valence-corrected chi connectivity index (χ2v) is 8.03. The van der Waals surface area contributed by atoms with Crippen LogP contribution in [0.5, 0.6) is 0 Å². The van der Waals surface area contributed by atoms with Gasteiger partial charge in [0.15, 0.2) is 11.0 Å². The van der Waals surface area contributed by atoms with Gasteiger partial charge in [0.2, 0.25) is 0 Å². The Morgan fingerprint density at radius 1 is 0.724 bits per heavy atom. The number of nitrogens with zero attached hydrogens (tertiary/aromatic N) is 2. The Morgan fingerprint density at radius 3 is 2.31 bits per heavy atom. The van der Waals surface area contributed by atoms with Crippen LogP contribution >= 0.6 is 0 Å². The van der Waals surface area contributed by atoms with E-state index in [2.05, 4.69) is 116 Å². The quantitative estimate of drug-likeness (QED) is 0.324. The van der Waals surface area contributed by atoms with Crippen molar-refractivity contribution in [1.29, 1.82) is 0 Å². The lowest BCUT2D eigenvalue weighted by molar-refractivity contribution is -0.633. The molecule has 0 saturated carbocycles. The zero-order valence-corrected chi connectivity index (χ0v) is 17.4. The van der Waals surface area contributed by atoms with Gasteiger partial charge in [-0.05, 0) is 61.5 Å². The molecular weight excluding hydrogens is 352 g/mol. The molecule has 0 atom stereocenters. The van der Waals surface area contributed by atoms with Crippen LogP contribution in [0.15, 0.2) is 78.9 Å². The van der Waals surface area contributed by atoms with Crippen molar-refractivity contribution in [3.05, 3.63) is 95.6 Å². The highest BCUT2D eigenvalue weighted by atomic mass is 15.2. The van der Waals surface area contributed by atoms with E-state index in [1.165, 1.54) is 55.6 Å². The highest BCUT2D eigenvalue weighted by Gasteiger charge is 2.28. The van der Waals surface area contributed by atoms with E-state index in [0.29, 0.717) is 0 Å². The molecule has 0 radical (unpaired) electrons. The first kappa shape index (κ1) is 17.7. The average molecular weight is 378 g/mol. The van der Waals surface area contributed by atoms with Crippen molar-refractivity contribution < 1.29 is 4.57 Å². The Bertz CT molecular complexity index is 1380. The smallest absolute Gasteiger partial charge is 0.225 e. The highest BCUT2D eigenvalue weighted by molar-refractivity contribution is 5.93. The maximum absolute atomic E-state index is 2.44. The molecule has 0 aliphatic heterocycles. The fourth-order valence-corrected chi connectivity index (χ4v) is 4.40. The number of aryl methyl sites for hydroxylation is 4. The first-order chi connectivity index (χ1) is 14.0. The minimum absolute atomic E-state index is 1.21. The van der Waals surface area contributed by atoms with Crippen molar-refractivity contribution in [1.82, 2.24) is 4.57 Å². The zero-order chi connectivity index (χ0) is 20.1. The highest BCUT2D eigenvalue weighted by Crippen LogP contribution is 2.33. The molecule has 0 aliphatic rings. The van der Waals surface area contributed by atoms with Crippen molar-refractivity contribution in [3.8, 4) is 17.1 Å². The minimum Gasteiger partial charge on any atom is -0.225 e. The predicted molar refractivity (Wildman–Crippen MR) is 122 cm³/mol. The predicted octanol–water partition coefficient (Wildman–Crippen LogP) is 6.20. The molecule has 0 unspecified atom stereocenters. The molecule has 5 aromatic rings. The van der Waals surface area contributed by atoms with E-state index >= 15 is 0 Å². The number of benzene rings is 4. The molecule has 2 nitrogen and oxygen atoms in total. The number of hydrogen-bond donors (Lipinski definition) is 0. The van der Waals surface area contributed by atoms with Gasteiger partial charge in [-0.2, -0.15) is 4.57 Å². The molecule has 0 spiro atoms. The molecular formula is C27H25N2+. The monoisotopic (exact) mass is 377 g/mol. The van der Waals surface area contributed by atoms with Crippen molar-refractivity contribution in [3.63, 3.8) is 0 Å². The normalized spacial score (nSPS) is 11.4. The summed E-state index contributed by atoms with van der Waals surface area (Å²) in [5.74, 6) is 1.21. The summed E-state index contributed by atoms with van der Waals surface area (Å²) < 4.78 is 4.77. The maximum Gasteiger partial charge on any atom is 0.295 e. The summed E-state index contributed by atoms with van der Waals surface area (Å²) >= 11 is 0. The average Bonchev–Trinajstić information content (AvgIpc) is 3.00. The van der Waals surface area contributed by atoms with Gasteiger partial charge in [-0.15, -0.1) is 0 Å². The number of hydrogen-bond acceptors (Lipinski definition) is 0. The lowest BCUT2D eigenvalue weighted by atomic mass is 10.0. The van der Waals surface area contributed by atoms with E-state index < -0.39 is 0 Å². The van der Waals surface area contributed by atoms with Gasteiger partial charge in [0, 0.05) is 5.39 Å². The first-order valence-corrected chi connectivity index (χ1v) is 10.1. The molecule has 1 heterocycles. The topological polar surface area (TPSA) is 8.81 Å². The fraction of sp³-hybridized carbons (Fsp3) is 0.148. The Kier molecular flexibility index (Phi) is 4.02. The lowest BCUT2D eigenvalue weighted by Gasteiger charge is -2.09. The van der Waals surface area contributed by atoms with Crippen LogP contribution in [-0.4, -0.2) is 4.57 Å². The second kappa shape index (κ2) is 6.59. The van der Waals surface area contributed by atoms with Crippen molar-refractivity contribution in [2.24, 2.45) is 7.05 Å². The van der Waals surface area contributed by atoms with Gasteiger partial charge < -0.3 is 0 Å². The molecule has 5 rings (SSSR count). The van der Waals surface area contributed by atoms with Crippen molar-refractivity contribution in [2.45, 2.75) is 20.8 Å². The Labute approximate surface area is 171 Å². The summed E-state index contributed by atoms with van der Waals surface area (Å²) in [6, 6.07) is 28.7. The second-order valence-electron chi connectivity index (χ2n) is 8.03. The van der Waals surface area contributed by atoms with Gasteiger partial charge in [-0.3, -0.25) is 0 Å². The van der Waals surface area contributed by atoms with Crippen LogP contribution in [0.3, 0.4) is 0 Å². The molecule has 142 valence electrons. The molecule has 0 fully saturated rings. The lowest BCUT2D eigenvalue weighted by Crippen LogP contribution is -2.30. The van der Waals surface area contributed by atoms with Crippen LogP contribution in [-0.2, 0) is 7.05 Å². The molecule has 1 aromatic heterocycles. The van der Waals surface area contributed by atoms with E-state index in [9.17, 15) is 0 Å². The number of imidazole rings is 1. The van der Waals surface area contributed by atoms with Crippen molar-refractivity contribution >= 4 is 21.8 Å². The molecule has 0 aliphatic carbocycles. The van der Waals surface area contributed by atoms with Gasteiger partial charge in [-0.25, -0.2) is 4.57 Å². The SMILES string of the molecule is Cc1ccc(C)c(-c2n(-c3cccc4ccccc34)c3cc(C)ccc3[n+]2C)c1. The van der Waals surface area contributed by atoms with Gasteiger partial charge in [0.05, 0.1) is 12.6 Å². The minimum atomic E-state index is 1.21. The largest absolute Gasteiger partial charge is 0.295 e. The third-order valence-electron chi connectivity index (χ3n) is 5.90. The van der Waals surface area contributed by atoms with E-state index in [0.717, 1.165) is 0 Å². The molecule has 0 saturated heterocycles. The van der Waals surface area contributed by atoms with Crippen LogP contribution in [0.4, 0.5) is 0 Å². The van der Waals surface area contributed by atoms with E-state index in [-0.39, 0.29) is 0 Å². The van der Waals surface area contributed by atoms with Crippen LogP contribution < -0.4 is 4.57 Å². The van der Waals surface area contributed by atoms with Gasteiger partial charge >= 0.3 is 0 Å². The van der Waals surface area contributed by atoms with Gasteiger partial charge in [0.25, 0.3) is 5.82 Å². The molecule has 29 heavy (non-hydrogen) atoms. The Balaban J connectivity index is 1.99. The molecule has 0 amide bonds. The molecule has 4 aromatic carbocycles. The van der Waals surface area contributed by atoms with Crippen LogP contribution in [0, 0.1) is 20.8 Å². The fourth-order valence-electron chi connectivity index (χ4n) is 4.40. The third-order valence-corrected chi connectivity index (χ3v) is 5.90. The Hall–Kier alpha value is -3.39. The number of rotatable bonds is 2. The third kappa shape index (κ3) is 2.75. The number of aromatic nitrogens is 2. The summed E-state index contributed by atoms with van der Waals surface area (Å²) in [7, 11) is 2.18. The number of fused-ring (bicyclic) bond motifs is 2. The summed E-state index contributed by atoms with van der Waals surface area (Å²) in [4.78, 5) is 0. The van der Waals surface area contributed by atoms with Crippen LogP contribution in [0.1, 0.15) is 16.7 Å². The first-order valence-electron chi connectivity index (χ1n) is 10.1. The maximum atomic E-state index is 2.44. The van der Waals surface area contributed by atoms with Gasteiger partial charge in [0.1, 0.15) is 5.69 Å². The van der Waals surface area contributed by atoms with E-state index in [4.69, 9.17) is 0 Å². The summed E-state index contributed by atoms with van der Waals surface area (Å²) in [5.41, 5.74) is 8.79. The van der Waals surface area contributed by atoms with Gasteiger partial charge in [-0.1, -0.05) is 60.2 Å². The summed E-state index contributed by atoms with van der Waals surface area (Å²) in [6.45, 7) is 6.53. The zero-order valence-electron chi connectivity index (χ0n) is 17.4. The molecule has 0 N–H and O–H groups in total. The van der Waals surface area contributed by atoms with Crippen LogP contribution in [0.25, 0.3) is 38.9 Å². The van der Waals surface area contributed by atoms with E-state index in [1.807, 2.05) is 0 Å². The summed E-state index contributed by atoms with van der Waals surface area (Å²) in [5, 5.41) is 2.52. The molecule has 0 bridgehead atoms. The van der Waals surface area contributed by atoms with E-state index in [1.54, 1.807) is 0 Å².